The number of carbonyl (C=O) groups excluding carboxylic acids is 2. The second kappa shape index (κ2) is 8.08. The molecule has 0 aliphatic heterocycles. The van der Waals surface area contributed by atoms with E-state index in [-0.39, 0.29) is 12.3 Å². The molecule has 1 heterocycles. The van der Waals surface area contributed by atoms with Crippen LogP contribution in [0.2, 0.25) is 0 Å². The summed E-state index contributed by atoms with van der Waals surface area (Å²) in [6, 6.07) is 2.28. The van der Waals surface area contributed by atoms with Crippen molar-refractivity contribution in [3.8, 4) is 0 Å². The van der Waals surface area contributed by atoms with Crippen molar-refractivity contribution >= 4 is 17.8 Å². The summed E-state index contributed by atoms with van der Waals surface area (Å²) in [5.41, 5.74) is 0. The van der Waals surface area contributed by atoms with Crippen LogP contribution in [0.3, 0.4) is 0 Å². The van der Waals surface area contributed by atoms with E-state index in [1.165, 1.54) is 19.3 Å². The van der Waals surface area contributed by atoms with Gasteiger partial charge in [0.15, 0.2) is 5.76 Å². The minimum atomic E-state index is -0.940. The lowest BCUT2D eigenvalue weighted by molar-refractivity contribution is -0.142. The van der Waals surface area contributed by atoms with Gasteiger partial charge in [0.05, 0.1) is 12.2 Å². The lowest BCUT2D eigenvalue weighted by Crippen LogP contribution is -2.46. The van der Waals surface area contributed by atoms with E-state index in [1.54, 1.807) is 6.07 Å². The molecule has 0 aromatic carbocycles. The molecule has 0 radical (unpaired) electrons. The molecule has 0 spiro atoms. The highest BCUT2D eigenvalue weighted by Gasteiger charge is 2.21. The lowest BCUT2D eigenvalue weighted by atomic mass is 10.0. The number of hydrogen-bond donors (Lipinski definition) is 3. The summed E-state index contributed by atoms with van der Waals surface area (Å²) in [5.74, 6) is -2.37. The van der Waals surface area contributed by atoms with Crippen molar-refractivity contribution in [1.82, 2.24) is 10.6 Å². The van der Waals surface area contributed by atoms with Crippen molar-refractivity contribution in [2.24, 2.45) is 5.92 Å². The number of amides is 2. The number of furan rings is 1. The monoisotopic (exact) mass is 296 g/mol. The number of hydrogen-bond acceptors (Lipinski definition) is 4. The largest absolute Gasteiger partial charge is 0.481 e. The van der Waals surface area contributed by atoms with Gasteiger partial charge in [-0.15, -0.1) is 0 Å². The fourth-order valence-electron chi connectivity index (χ4n) is 1.78. The Labute approximate surface area is 122 Å². The van der Waals surface area contributed by atoms with Gasteiger partial charge in [-0.05, 0) is 25.5 Å². The maximum atomic E-state index is 11.8. The Balaban J connectivity index is 2.43. The fraction of sp³-hybridized carbons (Fsp3) is 0.500. The summed E-state index contributed by atoms with van der Waals surface area (Å²) in [5, 5.41) is 14.0. The Morgan fingerprint density at radius 1 is 1.38 bits per heavy atom. The summed E-state index contributed by atoms with van der Waals surface area (Å²) in [6.45, 7) is 3.44. The van der Waals surface area contributed by atoms with Crippen molar-refractivity contribution < 1.29 is 23.9 Å². The molecule has 1 rings (SSSR count). The number of carbonyl (C=O) groups is 3. The molecule has 2 atom stereocenters. The zero-order chi connectivity index (χ0) is 15.8. The molecule has 0 saturated carbocycles. The zero-order valence-electron chi connectivity index (χ0n) is 12.1. The summed E-state index contributed by atoms with van der Waals surface area (Å²) >= 11 is 0. The van der Waals surface area contributed by atoms with Gasteiger partial charge in [-0.3, -0.25) is 14.4 Å². The van der Waals surface area contributed by atoms with Crippen LogP contribution >= 0.6 is 0 Å². The molecular formula is C14H20N2O5. The minimum absolute atomic E-state index is 0.0446. The van der Waals surface area contributed by atoms with E-state index in [9.17, 15) is 14.4 Å². The molecule has 0 bridgehead atoms. The average Bonchev–Trinajstić information content (AvgIpc) is 2.96. The van der Waals surface area contributed by atoms with Crippen LogP contribution in [0.4, 0.5) is 0 Å². The van der Waals surface area contributed by atoms with E-state index in [0.29, 0.717) is 6.42 Å². The van der Waals surface area contributed by atoms with Crippen LogP contribution < -0.4 is 10.6 Å². The molecule has 2 amide bonds. The molecular weight excluding hydrogens is 276 g/mol. The predicted octanol–water partition coefficient (Wildman–Crippen LogP) is 1.01. The van der Waals surface area contributed by atoms with Gasteiger partial charge in [0.2, 0.25) is 5.91 Å². The minimum Gasteiger partial charge on any atom is -0.481 e. The first-order chi connectivity index (χ1) is 9.95. The molecule has 7 heteroatoms. The molecule has 1 aromatic heterocycles. The van der Waals surface area contributed by atoms with Crippen LogP contribution in [0.5, 0.6) is 0 Å². The smallest absolute Gasteiger partial charge is 0.308 e. The lowest BCUT2D eigenvalue weighted by Gasteiger charge is -2.16. The molecule has 21 heavy (non-hydrogen) atoms. The second-order valence-corrected chi connectivity index (χ2v) is 4.74. The molecule has 116 valence electrons. The van der Waals surface area contributed by atoms with Gasteiger partial charge in [0.25, 0.3) is 5.91 Å². The first-order valence-corrected chi connectivity index (χ1v) is 6.80. The molecule has 0 aliphatic carbocycles. The summed E-state index contributed by atoms with van der Waals surface area (Å²) in [6.07, 6.45) is 2.57. The molecule has 0 saturated heterocycles. The van der Waals surface area contributed by atoms with E-state index in [2.05, 4.69) is 10.6 Å². The topological polar surface area (TPSA) is 109 Å². The third-order valence-electron chi connectivity index (χ3n) is 2.99. The van der Waals surface area contributed by atoms with Crippen LogP contribution in [0, 0.1) is 5.92 Å². The van der Waals surface area contributed by atoms with Crippen molar-refractivity contribution in [3.63, 3.8) is 0 Å². The summed E-state index contributed by atoms with van der Waals surface area (Å²) in [4.78, 5) is 34.5. The van der Waals surface area contributed by atoms with Gasteiger partial charge < -0.3 is 20.2 Å². The Morgan fingerprint density at radius 3 is 2.62 bits per heavy atom. The Hall–Kier alpha value is -2.31. The molecule has 0 unspecified atom stereocenters. The summed E-state index contributed by atoms with van der Waals surface area (Å²) in [7, 11) is 0. The quantitative estimate of drug-likeness (QED) is 0.663. The van der Waals surface area contributed by atoms with E-state index >= 15 is 0 Å². The highest BCUT2D eigenvalue weighted by atomic mass is 16.4. The van der Waals surface area contributed by atoms with Gasteiger partial charge in [-0.2, -0.15) is 0 Å². The van der Waals surface area contributed by atoms with E-state index in [4.69, 9.17) is 9.52 Å². The summed E-state index contributed by atoms with van der Waals surface area (Å²) < 4.78 is 4.92. The number of aliphatic carboxylic acids is 1. The zero-order valence-corrected chi connectivity index (χ0v) is 12.1. The second-order valence-electron chi connectivity index (χ2n) is 4.74. The maximum Gasteiger partial charge on any atom is 0.308 e. The van der Waals surface area contributed by atoms with Crippen LogP contribution in [-0.4, -0.2) is 35.5 Å². The third kappa shape index (κ3) is 5.29. The van der Waals surface area contributed by atoms with Crippen LogP contribution in [0.1, 0.15) is 37.2 Å². The Bertz CT molecular complexity index is 484. The first kappa shape index (κ1) is 16.7. The number of carboxylic acids is 1. The van der Waals surface area contributed by atoms with Gasteiger partial charge in [0.1, 0.15) is 6.04 Å². The van der Waals surface area contributed by atoms with Crippen LogP contribution in [0.15, 0.2) is 22.8 Å². The van der Waals surface area contributed by atoms with Gasteiger partial charge in [-0.1, -0.05) is 13.3 Å². The van der Waals surface area contributed by atoms with Gasteiger partial charge in [0, 0.05) is 6.54 Å². The molecule has 7 nitrogen and oxygen atoms in total. The van der Waals surface area contributed by atoms with Crippen molar-refractivity contribution in [1.29, 1.82) is 0 Å². The van der Waals surface area contributed by atoms with Crippen molar-refractivity contribution in [3.05, 3.63) is 24.2 Å². The number of carboxylic acid groups (broad SMARTS) is 1. The van der Waals surface area contributed by atoms with Crippen molar-refractivity contribution in [2.45, 2.75) is 32.7 Å². The van der Waals surface area contributed by atoms with Crippen LogP contribution in [-0.2, 0) is 9.59 Å². The molecule has 1 aromatic rings. The third-order valence-corrected chi connectivity index (χ3v) is 2.99. The van der Waals surface area contributed by atoms with Gasteiger partial charge in [-0.25, -0.2) is 0 Å². The Morgan fingerprint density at radius 2 is 2.10 bits per heavy atom. The highest BCUT2D eigenvalue weighted by Crippen LogP contribution is 2.05. The molecule has 3 N–H and O–H groups in total. The predicted molar refractivity (Wildman–Crippen MR) is 74.7 cm³/mol. The van der Waals surface area contributed by atoms with Gasteiger partial charge >= 0.3 is 5.97 Å². The normalized spacial score (nSPS) is 13.2. The Kier molecular flexibility index (Phi) is 6.45. The average molecular weight is 296 g/mol. The maximum absolute atomic E-state index is 11.8. The fourth-order valence-corrected chi connectivity index (χ4v) is 1.78. The highest BCUT2D eigenvalue weighted by molar-refractivity contribution is 5.95. The van der Waals surface area contributed by atoms with Crippen molar-refractivity contribution in [2.75, 3.05) is 6.54 Å². The SMILES string of the molecule is CCC[C@H](CNC(=O)[C@H](C)NC(=O)c1ccco1)C(=O)O. The standard InChI is InChI=1S/C14H20N2O5/c1-3-5-10(14(19)20)8-15-12(17)9(2)16-13(18)11-6-4-7-21-11/h4,6-7,9-10H,3,5,8H2,1-2H3,(H,15,17)(H,16,18)(H,19,20)/t9-,10+/m0/s1. The first-order valence-electron chi connectivity index (χ1n) is 6.80. The van der Waals surface area contributed by atoms with E-state index in [1.807, 2.05) is 6.92 Å². The number of rotatable bonds is 8. The van der Waals surface area contributed by atoms with E-state index in [0.717, 1.165) is 6.42 Å². The van der Waals surface area contributed by atoms with Crippen LogP contribution in [0.25, 0.3) is 0 Å². The molecule has 0 fully saturated rings. The number of nitrogens with one attached hydrogen (secondary N) is 2. The molecule has 0 aliphatic rings. The van der Waals surface area contributed by atoms with E-state index < -0.39 is 29.7 Å².